The Morgan fingerprint density at radius 2 is 1.94 bits per heavy atom. The molecule has 0 saturated heterocycles. The molecule has 1 nitrogen and oxygen atoms in total. The van der Waals surface area contributed by atoms with Gasteiger partial charge >= 0.3 is 0 Å². The average molecular weight is 376 g/mol. The van der Waals surface area contributed by atoms with Crippen LogP contribution >= 0.6 is 34.2 Å². The lowest BCUT2D eigenvalue weighted by Gasteiger charge is -2.17. The summed E-state index contributed by atoms with van der Waals surface area (Å²) in [6, 6.07) is 12.9. The summed E-state index contributed by atoms with van der Waals surface area (Å²) in [7, 11) is 0. The number of nitrogens with one attached hydrogen (secondary N) is 1. The minimum absolute atomic E-state index is 0.0210. The molecule has 2 rings (SSSR count). The van der Waals surface area contributed by atoms with Gasteiger partial charge in [-0.1, -0.05) is 29.8 Å². The maximum absolute atomic E-state index is 13.4. The summed E-state index contributed by atoms with van der Waals surface area (Å²) in [5.41, 5.74) is 1.91. The van der Waals surface area contributed by atoms with Crippen molar-refractivity contribution in [3.05, 3.63) is 62.4 Å². The van der Waals surface area contributed by atoms with Gasteiger partial charge in [-0.15, -0.1) is 0 Å². The molecule has 94 valence electrons. The summed E-state index contributed by atoms with van der Waals surface area (Å²) in [6.45, 7) is 1.99. The molecule has 0 saturated carbocycles. The maximum Gasteiger partial charge on any atom is 0.142 e. The predicted molar refractivity (Wildman–Crippen MR) is 82.6 cm³/mol. The first kappa shape index (κ1) is 13.6. The van der Waals surface area contributed by atoms with Crippen LogP contribution in [-0.4, -0.2) is 0 Å². The van der Waals surface area contributed by atoms with Crippen molar-refractivity contribution in [3.63, 3.8) is 0 Å². The quantitative estimate of drug-likeness (QED) is 0.722. The van der Waals surface area contributed by atoms with Gasteiger partial charge in [0.2, 0.25) is 0 Å². The van der Waals surface area contributed by atoms with Crippen molar-refractivity contribution in [2.75, 3.05) is 5.32 Å². The van der Waals surface area contributed by atoms with Crippen LogP contribution in [0.1, 0.15) is 18.5 Å². The van der Waals surface area contributed by atoms with Gasteiger partial charge in [-0.2, -0.15) is 0 Å². The fraction of sp³-hybridized carbons (Fsp3) is 0.143. The fourth-order valence-corrected chi connectivity index (χ4v) is 2.34. The molecule has 1 N–H and O–H groups in total. The van der Waals surface area contributed by atoms with Crippen LogP contribution < -0.4 is 5.32 Å². The smallest absolute Gasteiger partial charge is 0.142 e. The molecule has 0 amide bonds. The van der Waals surface area contributed by atoms with Crippen LogP contribution in [0.2, 0.25) is 5.02 Å². The summed E-state index contributed by atoms with van der Waals surface area (Å²) in [4.78, 5) is 0. The monoisotopic (exact) mass is 375 g/mol. The predicted octanol–water partition coefficient (Wildman–Crippen LogP) is 5.26. The highest BCUT2D eigenvalue weighted by Crippen LogP contribution is 2.25. The lowest BCUT2D eigenvalue weighted by atomic mass is 10.1. The third-order valence-electron chi connectivity index (χ3n) is 2.69. The molecular weight excluding hydrogens is 364 g/mol. The van der Waals surface area contributed by atoms with E-state index in [1.165, 1.54) is 6.07 Å². The summed E-state index contributed by atoms with van der Waals surface area (Å²) in [5.74, 6) is -0.384. The van der Waals surface area contributed by atoms with Crippen LogP contribution in [0.25, 0.3) is 0 Å². The van der Waals surface area contributed by atoms with E-state index < -0.39 is 0 Å². The van der Waals surface area contributed by atoms with Crippen LogP contribution in [0.3, 0.4) is 0 Å². The summed E-state index contributed by atoms with van der Waals surface area (Å²) < 4.78 is 14.5. The molecule has 2 aromatic rings. The van der Waals surface area contributed by atoms with Crippen molar-refractivity contribution in [2.45, 2.75) is 13.0 Å². The first-order chi connectivity index (χ1) is 8.58. The Hall–Kier alpha value is -0.810. The van der Waals surface area contributed by atoms with Crippen LogP contribution in [0.5, 0.6) is 0 Å². The normalized spacial score (nSPS) is 12.2. The van der Waals surface area contributed by atoms with Crippen molar-refractivity contribution in [2.24, 2.45) is 0 Å². The molecule has 4 heteroatoms. The zero-order chi connectivity index (χ0) is 13.1. The lowest BCUT2D eigenvalue weighted by Crippen LogP contribution is -2.07. The fourth-order valence-electron chi connectivity index (χ4n) is 1.68. The molecule has 0 aromatic heterocycles. The molecule has 1 unspecified atom stereocenters. The second kappa shape index (κ2) is 5.89. The van der Waals surface area contributed by atoms with Gasteiger partial charge in [-0.05, 0) is 59.3 Å². The topological polar surface area (TPSA) is 12.0 Å². The number of para-hydroxylation sites is 1. The highest BCUT2D eigenvalue weighted by molar-refractivity contribution is 14.1. The SMILES string of the molecule is CC(Nc1ccccc1I)c1ccc(Cl)c(F)c1. The molecule has 0 aliphatic rings. The molecule has 0 spiro atoms. The van der Waals surface area contributed by atoms with E-state index >= 15 is 0 Å². The number of rotatable bonds is 3. The molecule has 2 aromatic carbocycles. The van der Waals surface area contributed by atoms with Gasteiger partial charge in [0, 0.05) is 15.3 Å². The van der Waals surface area contributed by atoms with Gasteiger partial charge in [0.1, 0.15) is 5.82 Å². The van der Waals surface area contributed by atoms with E-state index in [9.17, 15) is 4.39 Å². The number of hydrogen-bond donors (Lipinski definition) is 1. The zero-order valence-corrected chi connectivity index (χ0v) is 12.7. The van der Waals surface area contributed by atoms with E-state index in [1.54, 1.807) is 6.07 Å². The zero-order valence-electron chi connectivity index (χ0n) is 9.75. The third kappa shape index (κ3) is 3.14. The van der Waals surface area contributed by atoms with Crippen LogP contribution in [0, 0.1) is 9.39 Å². The first-order valence-electron chi connectivity index (χ1n) is 5.54. The van der Waals surface area contributed by atoms with Gasteiger partial charge in [0.25, 0.3) is 0 Å². The Balaban J connectivity index is 2.19. The molecule has 0 radical (unpaired) electrons. The van der Waals surface area contributed by atoms with Crippen molar-refractivity contribution in [1.82, 2.24) is 0 Å². The number of benzene rings is 2. The second-order valence-electron chi connectivity index (χ2n) is 4.02. The molecule has 0 bridgehead atoms. The molecule has 0 aliphatic heterocycles. The number of anilines is 1. The van der Waals surface area contributed by atoms with E-state index in [-0.39, 0.29) is 16.9 Å². The standard InChI is InChI=1S/C14H12ClFIN/c1-9(10-6-7-11(15)12(16)8-10)18-14-5-3-2-4-13(14)17/h2-9,18H,1H3. The minimum Gasteiger partial charge on any atom is -0.378 e. The summed E-state index contributed by atoms with van der Waals surface area (Å²) in [6.07, 6.45) is 0. The molecule has 0 aliphatic carbocycles. The maximum atomic E-state index is 13.4. The van der Waals surface area contributed by atoms with Crippen molar-refractivity contribution in [1.29, 1.82) is 0 Å². The molecular formula is C14H12ClFIN. The average Bonchev–Trinajstić information content (AvgIpc) is 2.35. The lowest BCUT2D eigenvalue weighted by molar-refractivity contribution is 0.624. The van der Waals surface area contributed by atoms with Crippen molar-refractivity contribution in [3.8, 4) is 0 Å². The van der Waals surface area contributed by atoms with E-state index in [0.717, 1.165) is 14.8 Å². The van der Waals surface area contributed by atoms with Gasteiger partial charge in [-0.3, -0.25) is 0 Å². The number of halogens is 3. The first-order valence-corrected chi connectivity index (χ1v) is 6.99. The highest BCUT2D eigenvalue weighted by Gasteiger charge is 2.09. The Bertz CT molecular complexity index is 559. The highest BCUT2D eigenvalue weighted by atomic mass is 127. The number of hydrogen-bond acceptors (Lipinski definition) is 1. The Kier molecular flexibility index (Phi) is 4.45. The van der Waals surface area contributed by atoms with Gasteiger partial charge in [0.15, 0.2) is 0 Å². The third-order valence-corrected chi connectivity index (χ3v) is 3.94. The minimum atomic E-state index is -0.384. The second-order valence-corrected chi connectivity index (χ2v) is 5.59. The summed E-state index contributed by atoms with van der Waals surface area (Å²) >= 11 is 7.94. The van der Waals surface area contributed by atoms with Crippen LogP contribution in [-0.2, 0) is 0 Å². The van der Waals surface area contributed by atoms with Crippen LogP contribution in [0.15, 0.2) is 42.5 Å². The summed E-state index contributed by atoms with van der Waals surface area (Å²) in [5, 5.41) is 3.51. The van der Waals surface area contributed by atoms with Gasteiger partial charge in [-0.25, -0.2) is 4.39 Å². The van der Waals surface area contributed by atoms with E-state index in [0.29, 0.717) is 0 Å². The Labute approximate surface area is 124 Å². The van der Waals surface area contributed by atoms with Gasteiger partial charge < -0.3 is 5.32 Å². The molecule has 0 heterocycles. The van der Waals surface area contributed by atoms with E-state index in [4.69, 9.17) is 11.6 Å². The Morgan fingerprint density at radius 1 is 1.22 bits per heavy atom. The molecule has 0 fully saturated rings. The molecule has 1 atom stereocenters. The van der Waals surface area contributed by atoms with E-state index in [1.807, 2.05) is 37.3 Å². The van der Waals surface area contributed by atoms with Crippen LogP contribution in [0.4, 0.5) is 10.1 Å². The van der Waals surface area contributed by atoms with E-state index in [2.05, 4.69) is 27.9 Å². The van der Waals surface area contributed by atoms with Crippen molar-refractivity contribution >= 4 is 39.9 Å². The Morgan fingerprint density at radius 3 is 2.61 bits per heavy atom. The largest absolute Gasteiger partial charge is 0.378 e. The molecule has 18 heavy (non-hydrogen) atoms. The van der Waals surface area contributed by atoms with Crippen molar-refractivity contribution < 1.29 is 4.39 Å². The van der Waals surface area contributed by atoms with Gasteiger partial charge in [0.05, 0.1) is 5.02 Å².